The molecule has 9 nitrogen and oxygen atoms in total. The van der Waals surface area contributed by atoms with Crippen molar-refractivity contribution in [1.82, 2.24) is 10.2 Å². The van der Waals surface area contributed by atoms with E-state index >= 15 is 0 Å². The van der Waals surface area contributed by atoms with Gasteiger partial charge in [0.05, 0.1) is 10.3 Å². The first-order valence-corrected chi connectivity index (χ1v) is 6.72. The molecule has 10 heteroatoms. The molecule has 0 radical (unpaired) electrons. The quantitative estimate of drug-likeness (QED) is 0.576. The SMILES string of the molecule is O=C(Nc1nncs1)c1cc2cc([N+](=O)[O-])ccc2c(=O)o1. The van der Waals surface area contributed by atoms with Gasteiger partial charge in [-0.25, -0.2) is 4.79 Å². The third kappa shape index (κ3) is 2.54. The molecule has 3 aromatic rings. The minimum Gasteiger partial charge on any atom is -0.417 e. The fraction of sp³-hybridized carbons (Fsp3) is 0. The zero-order chi connectivity index (χ0) is 15.7. The summed E-state index contributed by atoms with van der Waals surface area (Å²) in [7, 11) is 0. The molecule has 110 valence electrons. The molecule has 0 saturated heterocycles. The highest BCUT2D eigenvalue weighted by atomic mass is 32.1. The summed E-state index contributed by atoms with van der Waals surface area (Å²) in [5.41, 5.74) is 0.485. The van der Waals surface area contributed by atoms with E-state index in [2.05, 4.69) is 15.5 Å². The van der Waals surface area contributed by atoms with Gasteiger partial charge in [-0.15, -0.1) is 10.2 Å². The molecular formula is C12H6N4O5S. The second-order valence-electron chi connectivity index (χ2n) is 4.12. The summed E-state index contributed by atoms with van der Waals surface area (Å²) in [4.78, 5) is 34.0. The summed E-state index contributed by atoms with van der Waals surface area (Å²) < 4.78 is 4.92. The average Bonchev–Trinajstić information content (AvgIpc) is 2.99. The van der Waals surface area contributed by atoms with Crippen LogP contribution in [0.5, 0.6) is 0 Å². The van der Waals surface area contributed by atoms with Gasteiger partial charge < -0.3 is 4.42 Å². The largest absolute Gasteiger partial charge is 0.417 e. The van der Waals surface area contributed by atoms with E-state index in [-0.39, 0.29) is 27.4 Å². The summed E-state index contributed by atoms with van der Waals surface area (Å²) in [6, 6.07) is 4.94. The van der Waals surface area contributed by atoms with Crippen molar-refractivity contribution in [3.8, 4) is 0 Å². The second-order valence-corrected chi connectivity index (χ2v) is 4.96. The summed E-state index contributed by atoms with van der Waals surface area (Å²) in [6.45, 7) is 0. The van der Waals surface area contributed by atoms with Crippen molar-refractivity contribution in [3.05, 3.63) is 56.1 Å². The molecule has 3 rings (SSSR count). The van der Waals surface area contributed by atoms with E-state index < -0.39 is 16.5 Å². The van der Waals surface area contributed by atoms with E-state index in [1.165, 1.54) is 29.8 Å². The molecule has 0 aliphatic rings. The molecule has 2 aromatic heterocycles. The monoisotopic (exact) mass is 318 g/mol. The maximum absolute atomic E-state index is 12.0. The van der Waals surface area contributed by atoms with E-state index in [9.17, 15) is 19.7 Å². The number of non-ortho nitro benzene ring substituents is 1. The van der Waals surface area contributed by atoms with Crippen molar-refractivity contribution in [3.63, 3.8) is 0 Å². The summed E-state index contributed by atoms with van der Waals surface area (Å²) >= 11 is 1.10. The first kappa shape index (κ1) is 13.8. The van der Waals surface area contributed by atoms with E-state index in [4.69, 9.17) is 4.42 Å². The van der Waals surface area contributed by atoms with Gasteiger partial charge >= 0.3 is 5.63 Å². The Morgan fingerprint density at radius 1 is 1.36 bits per heavy atom. The molecule has 0 bridgehead atoms. The Morgan fingerprint density at radius 3 is 2.86 bits per heavy atom. The van der Waals surface area contributed by atoms with Crippen LogP contribution in [-0.2, 0) is 0 Å². The lowest BCUT2D eigenvalue weighted by Gasteiger charge is -2.02. The lowest BCUT2D eigenvalue weighted by molar-refractivity contribution is -0.384. The molecule has 0 unspecified atom stereocenters. The molecule has 1 N–H and O–H groups in total. The van der Waals surface area contributed by atoms with Crippen LogP contribution in [0.2, 0.25) is 0 Å². The number of carbonyl (C=O) groups excluding carboxylic acids is 1. The smallest absolute Gasteiger partial charge is 0.344 e. The van der Waals surface area contributed by atoms with E-state index in [0.717, 1.165) is 11.3 Å². The van der Waals surface area contributed by atoms with Gasteiger partial charge in [0.1, 0.15) is 5.51 Å². The van der Waals surface area contributed by atoms with Crippen LogP contribution in [-0.4, -0.2) is 21.0 Å². The molecule has 0 saturated carbocycles. The van der Waals surface area contributed by atoms with E-state index in [0.29, 0.717) is 0 Å². The number of nitro benzene ring substituents is 1. The summed E-state index contributed by atoms with van der Waals surface area (Å²) in [5.74, 6) is -0.963. The van der Waals surface area contributed by atoms with Crippen LogP contribution in [0.4, 0.5) is 10.8 Å². The number of fused-ring (bicyclic) bond motifs is 1. The molecule has 1 amide bonds. The zero-order valence-electron chi connectivity index (χ0n) is 10.7. The summed E-state index contributed by atoms with van der Waals surface area (Å²) in [6.07, 6.45) is 0. The maximum atomic E-state index is 12.0. The number of nitro groups is 1. The Bertz CT molecular complexity index is 934. The number of carbonyl (C=O) groups is 1. The molecule has 0 spiro atoms. The number of benzene rings is 1. The van der Waals surface area contributed by atoms with Crippen LogP contribution in [0, 0.1) is 10.1 Å². The van der Waals surface area contributed by atoms with Crippen LogP contribution < -0.4 is 10.9 Å². The maximum Gasteiger partial charge on any atom is 0.344 e. The van der Waals surface area contributed by atoms with Gasteiger partial charge in [0, 0.05) is 12.1 Å². The Morgan fingerprint density at radius 2 is 2.18 bits per heavy atom. The number of anilines is 1. The van der Waals surface area contributed by atoms with Crippen LogP contribution in [0.25, 0.3) is 10.8 Å². The van der Waals surface area contributed by atoms with Crippen LogP contribution in [0.1, 0.15) is 10.6 Å². The van der Waals surface area contributed by atoms with E-state index in [1.54, 1.807) is 0 Å². The Kier molecular flexibility index (Phi) is 3.35. The molecule has 0 aliphatic carbocycles. The van der Waals surface area contributed by atoms with Gasteiger partial charge in [0.15, 0.2) is 5.76 Å². The van der Waals surface area contributed by atoms with Gasteiger partial charge in [-0.3, -0.25) is 20.2 Å². The van der Waals surface area contributed by atoms with Crippen molar-refractivity contribution in [2.24, 2.45) is 0 Å². The average molecular weight is 318 g/mol. The molecule has 0 aliphatic heterocycles. The Labute approximate surface area is 125 Å². The highest BCUT2D eigenvalue weighted by Crippen LogP contribution is 2.20. The summed E-state index contributed by atoms with van der Waals surface area (Å²) in [5, 5.41) is 21.0. The van der Waals surface area contributed by atoms with E-state index in [1.807, 2.05) is 0 Å². The van der Waals surface area contributed by atoms with Crippen molar-refractivity contribution in [2.75, 3.05) is 5.32 Å². The first-order chi connectivity index (χ1) is 10.5. The first-order valence-electron chi connectivity index (χ1n) is 5.84. The van der Waals surface area contributed by atoms with Crippen molar-refractivity contribution >= 4 is 38.8 Å². The molecule has 0 atom stereocenters. The molecule has 2 heterocycles. The van der Waals surface area contributed by atoms with Gasteiger partial charge in [-0.05, 0) is 17.5 Å². The van der Waals surface area contributed by atoms with Gasteiger partial charge in [0.25, 0.3) is 11.6 Å². The lowest BCUT2D eigenvalue weighted by atomic mass is 10.1. The number of rotatable bonds is 3. The molecule has 1 aromatic carbocycles. The standard InChI is InChI=1S/C12H6N4O5S/c17-10(14-12-15-13-5-22-12)9-4-6-3-7(16(19)20)1-2-8(6)11(18)21-9/h1-5H,(H,14,15,17). The fourth-order valence-corrected chi connectivity index (χ4v) is 2.23. The van der Waals surface area contributed by atoms with Crippen LogP contribution >= 0.6 is 11.3 Å². The fourth-order valence-electron chi connectivity index (χ4n) is 1.79. The second kappa shape index (κ2) is 5.33. The highest BCUT2D eigenvalue weighted by Gasteiger charge is 2.15. The number of hydrogen-bond acceptors (Lipinski definition) is 8. The number of nitrogens with one attached hydrogen (secondary N) is 1. The predicted molar refractivity (Wildman–Crippen MR) is 77.0 cm³/mol. The van der Waals surface area contributed by atoms with Gasteiger partial charge in [-0.1, -0.05) is 11.3 Å². The predicted octanol–water partition coefficient (Wildman–Crippen LogP) is 1.80. The third-order valence-corrected chi connectivity index (χ3v) is 3.37. The molecular weight excluding hydrogens is 312 g/mol. The number of aromatic nitrogens is 2. The third-order valence-electron chi connectivity index (χ3n) is 2.76. The Hall–Kier alpha value is -3.14. The topological polar surface area (TPSA) is 128 Å². The molecule has 22 heavy (non-hydrogen) atoms. The van der Waals surface area contributed by atoms with Crippen molar-refractivity contribution in [2.45, 2.75) is 0 Å². The number of hydrogen-bond donors (Lipinski definition) is 1. The molecule has 0 fully saturated rings. The number of nitrogens with zero attached hydrogens (tertiary/aromatic N) is 3. The normalized spacial score (nSPS) is 10.5. The van der Waals surface area contributed by atoms with Gasteiger partial charge in [0.2, 0.25) is 5.13 Å². The van der Waals surface area contributed by atoms with Crippen LogP contribution in [0.15, 0.2) is 39.0 Å². The minimum atomic E-state index is -0.755. The zero-order valence-corrected chi connectivity index (χ0v) is 11.5. The Balaban J connectivity index is 2.05. The van der Waals surface area contributed by atoms with Gasteiger partial charge in [-0.2, -0.15) is 0 Å². The van der Waals surface area contributed by atoms with Crippen molar-refractivity contribution < 1.29 is 14.1 Å². The van der Waals surface area contributed by atoms with Crippen molar-refractivity contribution in [1.29, 1.82) is 0 Å². The minimum absolute atomic E-state index is 0.151. The highest BCUT2D eigenvalue weighted by molar-refractivity contribution is 7.13. The number of amides is 1. The van der Waals surface area contributed by atoms with Crippen LogP contribution in [0.3, 0.4) is 0 Å². The lowest BCUT2D eigenvalue weighted by Crippen LogP contribution is -2.14.